The van der Waals surface area contributed by atoms with Crippen molar-refractivity contribution in [1.82, 2.24) is 19.5 Å². The van der Waals surface area contributed by atoms with Gasteiger partial charge in [-0.3, -0.25) is 24.5 Å². The van der Waals surface area contributed by atoms with Gasteiger partial charge < -0.3 is 19.7 Å². The minimum Gasteiger partial charge on any atom is -0.387 e. The molecule has 1 saturated heterocycles. The molecule has 0 saturated carbocycles. The molecule has 6 rings (SSSR count). The Kier molecular flexibility index (Phi) is 8.11. The molecule has 1 aliphatic heterocycles. The first-order chi connectivity index (χ1) is 21.3. The standard InChI is InChI=1S/C33H33N5O6/c1-20(2)29(41)36-32-35-28-25(30(42)37-32)34-19-38(28)31-27(40)26(39)24(44-31)18-43-33(21-12-6-3-7-13-21,22-14-8-4-9-15-22)23-16-10-5-11-17-23/h3-17,19-20,24,26-27,31,39-40H,18H2,1-2H3,(H2,35,36,37,41,42)/t24-,26-,27-,31-/m1/s1. The number of hydrogen-bond donors (Lipinski definition) is 4. The van der Waals surface area contributed by atoms with Crippen molar-refractivity contribution in [2.75, 3.05) is 11.9 Å². The van der Waals surface area contributed by atoms with Crippen LogP contribution in [0, 0.1) is 5.92 Å². The number of fused-ring (bicyclic) bond motifs is 1. The molecule has 0 radical (unpaired) electrons. The van der Waals surface area contributed by atoms with Gasteiger partial charge in [-0.15, -0.1) is 0 Å². The van der Waals surface area contributed by atoms with E-state index in [4.69, 9.17) is 9.47 Å². The van der Waals surface area contributed by atoms with Crippen molar-refractivity contribution in [3.8, 4) is 0 Å². The number of anilines is 1. The number of imidazole rings is 1. The number of aromatic amines is 1. The molecule has 0 aliphatic carbocycles. The second-order valence-corrected chi connectivity index (χ2v) is 11.0. The molecule has 11 nitrogen and oxygen atoms in total. The fourth-order valence-electron chi connectivity index (χ4n) is 5.50. The first-order valence-corrected chi connectivity index (χ1v) is 14.4. The van der Waals surface area contributed by atoms with Crippen molar-refractivity contribution in [3.63, 3.8) is 0 Å². The Bertz CT molecular complexity index is 1700. The van der Waals surface area contributed by atoms with E-state index in [9.17, 15) is 19.8 Å². The van der Waals surface area contributed by atoms with Crippen LogP contribution in [-0.4, -0.2) is 60.6 Å². The third kappa shape index (κ3) is 5.31. The molecular formula is C33H33N5O6. The number of ether oxygens (including phenoxy) is 2. The van der Waals surface area contributed by atoms with Crippen LogP contribution in [0.2, 0.25) is 0 Å². The molecule has 0 bridgehead atoms. The Balaban J connectivity index is 1.34. The van der Waals surface area contributed by atoms with Crippen LogP contribution < -0.4 is 10.9 Å². The lowest BCUT2D eigenvalue weighted by Gasteiger charge is -2.37. The SMILES string of the molecule is CC(C)C(=O)Nc1nc2c(ncn2[C@@H]2O[C@H](COC(c3ccccc3)(c3ccccc3)c3ccccc3)[C@@H](O)[C@H]2O)c(=O)[nH]1. The molecule has 1 fully saturated rings. The van der Waals surface area contributed by atoms with Gasteiger partial charge in [0.2, 0.25) is 11.9 Å². The van der Waals surface area contributed by atoms with Gasteiger partial charge in [-0.05, 0) is 16.7 Å². The molecule has 3 heterocycles. The lowest BCUT2D eigenvalue weighted by Crippen LogP contribution is -2.39. The predicted octanol–water partition coefficient (Wildman–Crippen LogP) is 3.34. The maximum Gasteiger partial charge on any atom is 0.280 e. The number of nitrogens with zero attached hydrogens (tertiary/aromatic N) is 3. The normalized spacial score (nSPS) is 20.3. The monoisotopic (exact) mass is 595 g/mol. The summed E-state index contributed by atoms with van der Waals surface area (Å²) in [7, 11) is 0. The molecule has 0 unspecified atom stereocenters. The van der Waals surface area contributed by atoms with E-state index in [0.717, 1.165) is 16.7 Å². The number of carbonyl (C=O) groups is 1. The maximum absolute atomic E-state index is 12.7. The van der Waals surface area contributed by atoms with Gasteiger partial charge in [-0.2, -0.15) is 4.98 Å². The van der Waals surface area contributed by atoms with Gasteiger partial charge in [0.05, 0.1) is 12.9 Å². The summed E-state index contributed by atoms with van der Waals surface area (Å²) in [5.74, 6) is -0.733. The number of benzene rings is 3. The number of aromatic nitrogens is 4. The summed E-state index contributed by atoms with van der Waals surface area (Å²) < 4.78 is 14.4. The van der Waals surface area contributed by atoms with Gasteiger partial charge in [-0.1, -0.05) is 105 Å². The Morgan fingerprint density at radius 3 is 2.02 bits per heavy atom. The van der Waals surface area contributed by atoms with E-state index in [2.05, 4.69) is 20.3 Å². The molecule has 2 aromatic heterocycles. The van der Waals surface area contributed by atoms with Crippen LogP contribution in [0.1, 0.15) is 36.8 Å². The molecule has 4 N–H and O–H groups in total. The lowest BCUT2D eigenvalue weighted by atomic mass is 9.80. The van der Waals surface area contributed by atoms with E-state index >= 15 is 0 Å². The van der Waals surface area contributed by atoms with Gasteiger partial charge in [0, 0.05) is 5.92 Å². The van der Waals surface area contributed by atoms with E-state index in [-0.39, 0.29) is 35.5 Å². The Morgan fingerprint density at radius 1 is 0.955 bits per heavy atom. The van der Waals surface area contributed by atoms with Gasteiger partial charge in [0.15, 0.2) is 17.4 Å². The molecule has 4 atom stereocenters. The zero-order chi connectivity index (χ0) is 30.8. The highest BCUT2D eigenvalue weighted by Crippen LogP contribution is 2.41. The summed E-state index contributed by atoms with van der Waals surface area (Å²) in [6, 6.07) is 29.4. The quantitative estimate of drug-likeness (QED) is 0.190. The molecule has 44 heavy (non-hydrogen) atoms. The summed E-state index contributed by atoms with van der Waals surface area (Å²) >= 11 is 0. The largest absolute Gasteiger partial charge is 0.387 e. The minimum absolute atomic E-state index is 0.00575. The van der Waals surface area contributed by atoms with Crippen LogP contribution in [0.4, 0.5) is 5.95 Å². The van der Waals surface area contributed by atoms with E-state index in [1.807, 2.05) is 91.0 Å². The first kappa shape index (κ1) is 29.4. The van der Waals surface area contributed by atoms with Gasteiger partial charge in [-0.25, -0.2) is 4.98 Å². The molecule has 0 spiro atoms. The number of amides is 1. The molecule has 3 aromatic carbocycles. The van der Waals surface area contributed by atoms with Crippen molar-refractivity contribution < 1.29 is 24.5 Å². The summed E-state index contributed by atoms with van der Waals surface area (Å²) in [4.78, 5) is 36.0. The molecular weight excluding hydrogens is 562 g/mol. The molecule has 226 valence electrons. The minimum atomic E-state index is -1.39. The third-order valence-corrected chi connectivity index (χ3v) is 7.81. The topological polar surface area (TPSA) is 152 Å². The zero-order valence-electron chi connectivity index (χ0n) is 24.2. The second-order valence-electron chi connectivity index (χ2n) is 11.0. The summed E-state index contributed by atoms with van der Waals surface area (Å²) in [6.07, 6.45) is -3.50. The fraction of sp³-hybridized carbons (Fsp3) is 0.273. The van der Waals surface area contributed by atoms with Crippen molar-refractivity contribution in [2.24, 2.45) is 5.92 Å². The van der Waals surface area contributed by atoms with Crippen LogP contribution in [-0.2, 0) is 19.9 Å². The second kappa shape index (κ2) is 12.1. The van der Waals surface area contributed by atoms with E-state index < -0.39 is 35.7 Å². The predicted molar refractivity (Wildman–Crippen MR) is 163 cm³/mol. The number of hydrogen-bond acceptors (Lipinski definition) is 8. The summed E-state index contributed by atoms with van der Waals surface area (Å²) in [5.41, 5.74) is 1.08. The molecule has 1 aliphatic rings. The van der Waals surface area contributed by atoms with Crippen LogP contribution >= 0.6 is 0 Å². The average Bonchev–Trinajstić information content (AvgIpc) is 3.59. The molecule has 5 aromatic rings. The van der Waals surface area contributed by atoms with Crippen molar-refractivity contribution in [1.29, 1.82) is 0 Å². The van der Waals surface area contributed by atoms with E-state index in [1.165, 1.54) is 10.9 Å². The highest BCUT2D eigenvalue weighted by atomic mass is 16.6. The number of aliphatic hydroxyl groups excluding tert-OH is 2. The van der Waals surface area contributed by atoms with Crippen molar-refractivity contribution >= 4 is 23.0 Å². The number of aliphatic hydroxyl groups is 2. The van der Waals surface area contributed by atoms with Crippen molar-refractivity contribution in [2.45, 2.75) is 44.0 Å². The molecule has 1 amide bonds. The van der Waals surface area contributed by atoms with Crippen LogP contribution in [0.25, 0.3) is 11.2 Å². The highest BCUT2D eigenvalue weighted by molar-refractivity contribution is 5.91. The Morgan fingerprint density at radius 2 is 1.50 bits per heavy atom. The maximum atomic E-state index is 12.7. The van der Waals surface area contributed by atoms with Crippen molar-refractivity contribution in [3.05, 3.63) is 124 Å². The van der Waals surface area contributed by atoms with E-state index in [0.29, 0.717) is 0 Å². The lowest BCUT2D eigenvalue weighted by molar-refractivity contribution is -0.118. The number of nitrogens with one attached hydrogen (secondary N) is 2. The third-order valence-electron chi connectivity index (χ3n) is 7.81. The number of H-pyrrole nitrogens is 1. The van der Waals surface area contributed by atoms with Gasteiger partial charge >= 0.3 is 0 Å². The number of rotatable bonds is 9. The first-order valence-electron chi connectivity index (χ1n) is 14.4. The Hall–Kier alpha value is -4.68. The smallest absolute Gasteiger partial charge is 0.280 e. The number of carbonyl (C=O) groups excluding carboxylic acids is 1. The summed E-state index contributed by atoms with van der Waals surface area (Å²) in [6.45, 7) is 3.33. The highest BCUT2D eigenvalue weighted by Gasteiger charge is 2.47. The fourth-order valence-corrected chi connectivity index (χ4v) is 5.50. The van der Waals surface area contributed by atoms with Crippen LogP contribution in [0.3, 0.4) is 0 Å². The van der Waals surface area contributed by atoms with Crippen LogP contribution in [0.15, 0.2) is 102 Å². The average molecular weight is 596 g/mol. The molecule has 11 heteroatoms. The van der Waals surface area contributed by atoms with Crippen LogP contribution in [0.5, 0.6) is 0 Å². The summed E-state index contributed by atoms with van der Waals surface area (Å²) in [5, 5.41) is 24.9. The van der Waals surface area contributed by atoms with Gasteiger partial charge in [0.1, 0.15) is 23.9 Å². The van der Waals surface area contributed by atoms with Gasteiger partial charge in [0.25, 0.3) is 5.56 Å². The Labute approximate surface area is 253 Å². The van der Waals surface area contributed by atoms with E-state index in [1.54, 1.807) is 13.8 Å². The zero-order valence-corrected chi connectivity index (χ0v) is 24.2.